The Labute approximate surface area is 93.7 Å². The van der Waals surface area contributed by atoms with Crippen molar-refractivity contribution in [3.63, 3.8) is 0 Å². The van der Waals surface area contributed by atoms with E-state index in [-0.39, 0.29) is 0 Å². The van der Waals surface area contributed by atoms with Gasteiger partial charge in [0.2, 0.25) is 0 Å². The van der Waals surface area contributed by atoms with Crippen LogP contribution in [-0.2, 0) is 6.42 Å². The molecule has 1 aromatic carbocycles. The van der Waals surface area contributed by atoms with Crippen LogP contribution in [0.15, 0.2) is 18.2 Å². The Hall–Kier alpha value is -2.04. The molecule has 0 fully saturated rings. The average Bonchev–Trinajstić information content (AvgIpc) is 2.64. The van der Waals surface area contributed by atoms with E-state index in [2.05, 4.69) is 15.2 Å². The molecule has 0 saturated heterocycles. The van der Waals surface area contributed by atoms with Crippen LogP contribution in [-0.4, -0.2) is 22.3 Å². The lowest BCUT2D eigenvalue weighted by Gasteiger charge is -2.05. The quantitative estimate of drug-likeness (QED) is 0.761. The molecule has 0 amide bonds. The van der Waals surface area contributed by atoms with Crippen LogP contribution in [0.5, 0.6) is 5.75 Å². The molecule has 0 aliphatic rings. The van der Waals surface area contributed by atoms with E-state index in [9.17, 15) is 0 Å². The third kappa shape index (κ3) is 2.13. The number of ether oxygens (including phenoxy) is 1. The number of nitrogens with zero attached hydrogens (tertiary/aromatic N) is 2. The normalized spacial score (nSPS) is 10.4. The van der Waals surface area contributed by atoms with Crippen molar-refractivity contribution in [1.29, 1.82) is 0 Å². The van der Waals surface area contributed by atoms with Crippen molar-refractivity contribution in [2.45, 2.75) is 13.3 Å². The van der Waals surface area contributed by atoms with Gasteiger partial charge in [-0.25, -0.2) is 4.98 Å². The number of aryl methyl sites for hydroxylation is 1. The highest BCUT2D eigenvalue weighted by Crippen LogP contribution is 2.22. The van der Waals surface area contributed by atoms with E-state index in [0.717, 1.165) is 17.2 Å². The van der Waals surface area contributed by atoms with Gasteiger partial charge in [0.25, 0.3) is 0 Å². The fourth-order valence-corrected chi connectivity index (χ4v) is 1.54. The Bertz CT molecular complexity index is 492. The Morgan fingerprint density at radius 1 is 1.44 bits per heavy atom. The largest absolute Gasteiger partial charge is 0.495 e. The first kappa shape index (κ1) is 10.5. The number of rotatable bonds is 3. The smallest absolute Gasteiger partial charge is 0.155 e. The molecule has 0 saturated carbocycles. The number of aromatic amines is 1. The molecule has 0 bridgehead atoms. The minimum atomic E-state index is 0.632. The number of methoxy groups -OCH3 is 1. The predicted molar refractivity (Wildman–Crippen MR) is 61.3 cm³/mol. The zero-order valence-corrected chi connectivity index (χ0v) is 9.32. The van der Waals surface area contributed by atoms with Gasteiger partial charge < -0.3 is 10.5 Å². The lowest BCUT2D eigenvalue weighted by molar-refractivity contribution is 0.417. The summed E-state index contributed by atoms with van der Waals surface area (Å²) in [5, 5.41) is 6.88. The minimum Gasteiger partial charge on any atom is -0.495 e. The van der Waals surface area contributed by atoms with E-state index in [0.29, 0.717) is 17.9 Å². The molecule has 16 heavy (non-hydrogen) atoms. The fourth-order valence-electron chi connectivity index (χ4n) is 1.54. The highest BCUT2D eigenvalue weighted by Gasteiger charge is 2.04. The summed E-state index contributed by atoms with van der Waals surface area (Å²) in [6.07, 6.45) is 0.665. The number of aromatic nitrogens is 3. The molecule has 0 atom stereocenters. The number of hydrogen-bond acceptors (Lipinski definition) is 4. The maximum atomic E-state index is 5.82. The van der Waals surface area contributed by atoms with Gasteiger partial charge in [-0.15, -0.1) is 0 Å². The number of nitrogen functional groups attached to an aromatic ring is 1. The maximum absolute atomic E-state index is 5.82. The Balaban J connectivity index is 2.19. The molecule has 1 heterocycles. The number of nitrogens with one attached hydrogen (secondary N) is 1. The second-order valence-corrected chi connectivity index (χ2v) is 3.59. The van der Waals surface area contributed by atoms with E-state index in [1.807, 2.05) is 25.1 Å². The van der Waals surface area contributed by atoms with Crippen molar-refractivity contribution in [3.05, 3.63) is 35.4 Å². The van der Waals surface area contributed by atoms with Gasteiger partial charge in [-0.3, -0.25) is 5.10 Å². The summed E-state index contributed by atoms with van der Waals surface area (Å²) in [5.74, 6) is 2.27. The van der Waals surface area contributed by atoms with E-state index >= 15 is 0 Å². The summed E-state index contributed by atoms with van der Waals surface area (Å²) in [4.78, 5) is 4.24. The van der Waals surface area contributed by atoms with Crippen LogP contribution in [0.2, 0.25) is 0 Å². The van der Waals surface area contributed by atoms with Crippen LogP contribution in [0.1, 0.15) is 17.2 Å². The number of nitrogens with two attached hydrogens (primary N) is 1. The number of benzene rings is 1. The minimum absolute atomic E-state index is 0.632. The van der Waals surface area contributed by atoms with Crippen LogP contribution in [0.3, 0.4) is 0 Å². The number of hydrogen-bond donors (Lipinski definition) is 2. The molecule has 0 unspecified atom stereocenters. The van der Waals surface area contributed by atoms with Gasteiger partial charge in [-0.2, -0.15) is 5.10 Å². The zero-order valence-electron chi connectivity index (χ0n) is 9.32. The van der Waals surface area contributed by atoms with Crippen molar-refractivity contribution in [2.75, 3.05) is 12.8 Å². The third-order valence-electron chi connectivity index (χ3n) is 2.30. The highest BCUT2D eigenvalue weighted by atomic mass is 16.5. The molecule has 84 valence electrons. The van der Waals surface area contributed by atoms with Crippen molar-refractivity contribution >= 4 is 5.69 Å². The lowest BCUT2D eigenvalue weighted by atomic mass is 10.1. The summed E-state index contributed by atoms with van der Waals surface area (Å²) in [6, 6.07) is 5.69. The first-order chi connectivity index (χ1) is 7.69. The van der Waals surface area contributed by atoms with E-state index < -0.39 is 0 Å². The summed E-state index contributed by atoms with van der Waals surface area (Å²) in [6.45, 7) is 1.87. The SMILES string of the molecule is COc1ccc(Cc2n[nH]c(C)n2)cc1N. The van der Waals surface area contributed by atoms with Crippen LogP contribution < -0.4 is 10.5 Å². The standard InChI is InChI=1S/C11H14N4O/c1-7-13-11(15-14-7)6-8-3-4-10(16-2)9(12)5-8/h3-5H,6,12H2,1-2H3,(H,13,14,15). The Kier molecular flexibility index (Phi) is 2.76. The molecular weight excluding hydrogens is 204 g/mol. The van der Waals surface area contributed by atoms with E-state index in [4.69, 9.17) is 10.5 Å². The Morgan fingerprint density at radius 3 is 2.81 bits per heavy atom. The predicted octanol–water partition coefficient (Wildman–Crippen LogP) is 1.29. The van der Waals surface area contributed by atoms with Gasteiger partial charge in [0.05, 0.1) is 12.8 Å². The second kappa shape index (κ2) is 4.22. The molecule has 0 radical (unpaired) electrons. The molecule has 0 spiro atoms. The van der Waals surface area contributed by atoms with E-state index in [1.54, 1.807) is 7.11 Å². The van der Waals surface area contributed by atoms with Gasteiger partial charge in [-0.05, 0) is 24.6 Å². The summed E-state index contributed by atoms with van der Waals surface area (Å²) < 4.78 is 5.09. The van der Waals surface area contributed by atoms with Crippen molar-refractivity contribution < 1.29 is 4.74 Å². The second-order valence-electron chi connectivity index (χ2n) is 3.59. The fraction of sp³-hybridized carbons (Fsp3) is 0.273. The van der Waals surface area contributed by atoms with Gasteiger partial charge >= 0.3 is 0 Å². The zero-order chi connectivity index (χ0) is 11.5. The molecule has 0 aliphatic heterocycles. The highest BCUT2D eigenvalue weighted by molar-refractivity contribution is 5.54. The van der Waals surface area contributed by atoms with Crippen molar-refractivity contribution in [2.24, 2.45) is 0 Å². The molecular formula is C11H14N4O. The third-order valence-corrected chi connectivity index (χ3v) is 2.30. The topological polar surface area (TPSA) is 76.8 Å². The van der Waals surface area contributed by atoms with Gasteiger partial charge in [0.15, 0.2) is 5.82 Å². The molecule has 5 heteroatoms. The number of H-pyrrole nitrogens is 1. The van der Waals surface area contributed by atoms with Crippen LogP contribution in [0, 0.1) is 6.92 Å². The molecule has 0 aliphatic carbocycles. The molecule has 2 aromatic rings. The van der Waals surface area contributed by atoms with Crippen LogP contribution in [0.4, 0.5) is 5.69 Å². The van der Waals surface area contributed by atoms with Gasteiger partial charge in [-0.1, -0.05) is 6.07 Å². The van der Waals surface area contributed by atoms with Crippen LogP contribution >= 0.6 is 0 Å². The van der Waals surface area contributed by atoms with Gasteiger partial charge in [0, 0.05) is 6.42 Å². The summed E-state index contributed by atoms with van der Waals surface area (Å²) in [5.41, 5.74) is 7.52. The maximum Gasteiger partial charge on any atom is 0.155 e. The molecule has 2 rings (SSSR count). The summed E-state index contributed by atoms with van der Waals surface area (Å²) in [7, 11) is 1.60. The molecule has 1 aromatic heterocycles. The average molecular weight is 218 g/mol. The number of anilines is 1. The molecule has 3 N–H and O–H groups in total. The first-order valence-electron chi connectivity index (χ1n) is 4.99. The van der Waals surface area contributed by atoms with Crippen LogP contribution in [0.25, 0.3) is 0 Å². The first-order valence-corrected chi connectivity index (χ1v) is 4.99. The lowest BCUT2D eigenvalue weighted by Crippen LogP contribution is -1.96. The summed E-state index contributed by atoms with van der Waals surface area (Å²) >= 11 is 0. The van der Waals surface area contributed by atoms with E-state index in [1.165, 1.54) is 0 Å². The monoisotopic (exact) mass is 218 g/mol. The van der Waals surface area contributed by atoms with Crippen molar-refractivity contribution in [3.8, 4) is 5.75 Å². The van der Waals surface area contributed by atoms with Gasteiger partial charge in [0.1, 0.15) is 11.6 Å². The van der Waals surface area contributed by atoms with Crippen molar-refractivity contribution in [1.82, 2.24) is 15.2 Å². The molecule has 5 nitrogen and oxygen atoms in total. The Morgan fingerprint density at radius 2 is 2.25 bits per heavy atom.